The third-order valence-electron chi connectivity index (χ3n) is 2.42. The average Bonchev–Trinajstić information content (AvgIpc) is 2.63. The van der Waals surface area contributed by atoms with Crippen molar-refractivity contribution in [2.75, 3.05) is 18.4 Å². The first kappa shape index (κ1) is 11.5. The maximum Gasteiger partial charge on any atom is 0.0722 e. The highest BCUT2D eigenvalue weighted by Crippen LogP contribution is 2.34. The van der Waals surface area contributed by atoms with Crippen LogP contribution < -0.4 is 10.6 Å². The molecule has 0 radical (unpaired) electrons. The molecule has 1 saturated heterocycles. The summed E-state index contributed by atoms with van der Waals surface area (Å²) in [4.78, 5) is 0. The molecule has 0 aromatic heterocycles. The summed E-state index contributed by atoms with van der Waals surface area (Å²) < 4.78 is 0.896. The standard InChI is InChI=1S/C10H11BrCl2N2/c11-6-3-8(12)10(9(13)4-6)15-7-1-2-14-5-7/h3-4,7,14-15H,1-2,5H2. The van der Waals surface area contributed by atoms with E-state index in [1.165, 1.54) is 0 Å². The normalized spacial score (nSPS) is 20.6. The Morgan fingerprint density at radius 2 is 2.00 bits per heavy atom. The molecule has 0 bridgehead atoms. The Kier molecular flexibility index (Phi) is 3.78. The summed E-state index contributed by atoms with van der Waals surface area (Å²) in [6.07, 6.45) is 1.10. The first-order chi connectivity index (χ1) is 7.16. The molecule has 1 heterocycles. The topological polar surface area (TPSA) is 24.1 Å². The van der Waals surface area contributed by atoms with Crippen LogP contribution in [0.3, 0.4) is 0 Å². The van der Waals surface area contributed by atoms with Crippen LogP contribution >= 0.6 is 39.1 Å². The molecule has 2 rings (SSSR count). The Balaban J connectivity index is 2.19. The Morgan fingerprint density at radius 1 is 1.33 bits per heavy atom. The second-order valence-electron chi connectivity index (χ2n) is 3.58. The van der Waals surface area contributed by atoms with Crippen molar-refractivity contribution in [2.24, 2.45) is 0 Å². The first-order valence-corrected chi connectivity index (χ1v) is 6.33. The predicted octanol–water partition coefficient (Wildman–Crippen LogP) is 3.53. The summed E-state index contributed by atoms with van der Waals surface area (Å²) in [5, 5.41) is 7.95. The Morgan fingerprint density at radius 3 is 2.53 bits per heavy atom. The summed E-state index contributed by atoms with van der Waals surface area (Å²) in [6, 6.07) is 4.11. The van der Waals surface area contributed by atoms with Gasteiger partial charge in [-0.05, 0) is 25.1 Å². The molecule has 1 aromatic rings. The highest BCUT2D eigenvalue weighted by Gasteiger charge is 2.17. The minimum absolute atomic E-state index is 0.418. The van der Waals surface area contributed by atoms with E-state index in [-0.39, 0.29) is 0 Å². The van der Waals surface area contributed by atoms with Crippen molar-refractivity contribution >= 4 is 44.8 Å². The van der Waals surface area contributed by atoms with Gasteiger partial charge >= 0.3 is 0 Å². The lowest BCUT2D eigenvalue weighted by atomic mass is 10.2. The minimum atomic E-state index is 0.418. The van der Waals surface area contributed by atoms with Gasteiger partial charge in [-0.3, -0.25) is 0 Å². The summed E-state index contributed by atoms with van der Waals surface area (Å²) in [5.74, 6) is 0. The van der Waals surface area contributed by atoms with Gasteiger partial charge in [0.05, 0.1) is 15.7 Å². The first-order valence-electron chi connectivity index (χ1n) is 4.78. The number of nitrogens with one attached hydrogen (secondary N) is 2. The Labute approximate surface area is 107 Å². The van der Waals surface area contributed by atoms with E-state index >= 15 is 0 Å². The molecule has 1 fully saturated rings. The van der Waals surface area contributed by atoms with Gasteiger partial charge in [0.15, 0.2) is 0 Å². The van der Waals surface area contributed by atoms with Gasteiger partial charge in [0.25, 0.3) is 0 Å². The second-order valence-corrected chi connectivity index (χ2v) is 5.31. The molecule has 2 nitrogen and oxygen atoms in total. The van der Waals surface area contributed by atoms with Crippen LogP contribution in [0.15, 0.2) is 16.6 Å². The van der Waals surface area contributed by atoms with E-state index in [1.807, 2.05) is 12.1 Å². The smallest absolute Gasteiger partial charge is 0.0722 e. The van der Waals surface area contributed by atoms with Crippen molar-refractivity contribution < 1.29 is 0 Å². The molecule has 1 aliphatic rings. The number of halogens is 3. The molecular weight excluding hydrogens is 299 g/mol. The quantitative estimate of drug-likeness (QED) is 0.873. The largest absolute Gasteiger partial charge is 0.379 e. The zero-order chi connectivity index (χ0) is 10.8. The highest BCUT2D eigenvalue weighted by molar-refractivity contribution is 9.10. The summed E-state index contributed by atoms with van der Waals surface area (Å²) in [6.45, 7) is 2.01. The lowest BCUT2D eigenvalue weighted by Gasteiger charge is -2.15. The lowest BCUT2D eigenvalue weighted by molar-refractivity contribution is 0.793. The number of hydrogen-bond donors (Lipinski definition) is 2. The van der Waals surface area contributed by atoms with Gasteiger partial charge < -0.3 is 10.6 Å². The molecule has 0 aliphatic carbocycles. The minimum Gasteiger partial charge on any atom is -0.379 e. The van der Waals surface area contributed by atoms with Crippen molar-refractivity contribution in [2.45, 2.75) is 12.5 Å². The van der Waals surface area contributed by atoms with Crippen LogP contribution in [-0.4, -0.2) is 19.1 Å². The third kappa shape index (κ3) is 2.78. The molecular formula is C10H11BrCl2N2. The summed E-state index contributed by atoms with van der Waals surface area (Å²) in [5.41, 5.74) is 0.829. The molecule has 2 N–H and O–H groups in total. The van der Waals surface area contributed by atoms with Gasteiger partial charge in [-0.15, -0.1) is 0 Å². The number of hydrogen-bond acceptors (Lipinski definition) is 2. The van der Waals surface area contributed by atoms with E-state index in [0.29, 0.717) is 16.1 Å². The number of rotatable bonds is 2. The molecule has 0 amide bonds. The maximum absolute atomic E-state index is 6.12. The second kappa shape index (κ2) is 4.91. The summed E-state index contributed by atoms with van der Waals surface area (Å²) >= 11 is 15.6. The molecule has 5 heteroatoms. The van der Waals surface area contributed by atoms with E-state index in [1.54, 1.807) is 0 Å². The van der Waals surface area contributed by atoms with Gasteiger partial charge in [-0.2, -0.15) is 0 Å². The molecule has 1 aliphatic heterocycles. The molecule has 1 aromatic carbocycles. The van der Waals surface area contributed by atoms with E-state index in [2.05, 4.69) is 26.6 Å². The monoisotopic (exact) mass is 308 g/mol. The van der Waals surface area contributed by atoms with E-state index in [9.17, 15) is 0 Å². The van der Waals surface area contributed by atoms with Crippen molar-refractivity contribution in [3.63, 3.8) is 0 Å². The van der Waals surface area contributed by atoms with E-state index < -0.39 is 0 Å². The van der Waals surface area contributed by atoms with Crippen LogP contribution in [0.25, 0.3) is 0 Å². The van der Waals surface area contributed by atoms with Crippen LogP contribution in [0.1, 0.15) is 6.42 Å². The zero-order valence-electron chi connectivity index (χ0n) is 7.99. The fourth-order valence-corrected chi connectivity index (χ4v) is 2.98. The van der Waals surface area contributed by atoms with Crippen LogP contribution in [0.4, 0.5) is 5.69 Å². The van der Waals surface area contributed by atoms with Crippen LogP contribution in [0.2, 0.25) is 10.0 Å². The van der Waals surface area contributed by atoms with Crippen molar-refractivity contribution in [1.29, 1.82) is 0 Å². The third-order valence-corrected chi connectivity index (χ3v) is 3.47. The fourth-order valence-electron chi connectivity index (χ4n) is 1.66. The highest BCUT2D eigenvalue weighted by atomic mass is 79.9. The molecule has 82 valence electrons. The van der Waals surface area contributed by atoms with Crippen molar-refractivity contribution in [1.82, 2.24) is 5.32 Å². The SMILES string of the molecule is Clc1cc(Br)cc(Cl)c1NC1CCNC1. The van der Waals surface area contributed by atoms with Crippen molar-refractivity contribution in [3.8, 4) is 0 Å². The van der Waals surface area contributed by atoms with E-state index in [0.717, 1.165) is 29.7 Å². The number of benzene rings is 1. The maximum atomic E-state index is 6.12. The molecule has 1 unspecified atom stereocenters. The molecule has 15 heavy (non-hydrogen) atoms. The predicted molar refractivity (Wildman–Crippen MR) is 69.1 cm³/mol. The van der Waals surface area contributed by atoms with Crippen LogP contribution in [0.5, 0.6) is 0 Å². The van der Waals surface area contributed by atoms with Crippen molar-refractivity contribution in [3.05, 3.63) is 26.7 Å². The zero-order valence-corrected chi connectivity index (χ0v) is 11.1. The molecule has 0 saturated carbocycles. The van der Waals surface area contributed by atoms with E-state index in [4.69, 9.17) is 23.2 Å². The number of anilines is 1. The van der Waals surface area contributed by atoms with Gasteiger partial charge in [-0.25, -0.2) is 0 Å². The van der Waals surface area contributed by atoms with Crippen LogP contribution in [-0.2, 0) is 0 Å². The lowest BCUT2D eigenvalue weighted by Crippen LogP contribution is -2.22. The summed E-state index contributed by atoms with van der Waals surface area (Å²) in [7, 11) is 0. The fraction of sp³-hybridized carbons (Fsp3) is 0.400. The Hall–Kier alpha value is 0.0400. The van der Waals surface area contributed by atoms with Gasteiger partial charge in [-0.1, -0.05) is 39.1 Å². The average molecular weight is 310 g/mol. The molecule has 1 atom stereocenters. The van der Waals surface area contributed by atoms with Gasteiger partial charge in [0.2, 0.25) is 0 Å². The Bertz CT molecular complexity index is 341. The molecule has 0 spiro atoms. The van der Waals surface area contributed by atoms with Crippen LogP contribution in [0, 0.1) is 0 Å². The van der Waals surface area contributed by atoms with Gasteiger partial charge in [0.1, 0.15) is 0 Å². The van der Waals surface area contributed by atoms with Gasteiger partial charge in [0, 0.05) is 17.1 Å².